The lowest BCUT2D eigenvalue weighted by molar-refractivity contribution is -0.386. The molecule has 1 aromatic rings. The van der Waals surface area contributed by atoms with Crippen LogP contribution in [0.4, 0.5) is 39.5 Å². The molecule has 0 atom stereocenters. The lowest BCUT2D eigenvalue weighted by Gasteiger charge is -2.32. The predicted octanol–water partition coefficient (Wildman–Crippen LogP) is 4.90. The van der Waals surface area contributed by atoms with Crippen molar-refractivity contribution in [2.45, 2.75) is 37.3 Å². The molecule has 0 aromatic heterocycles. The minimum atomic E-state index is -7.08. The third-order valence-electron chi connectivity index (χ3n) is 3.05. The van der Waals surface area contributed by atoms with Gasteiger partial charge in [0.2, 0.25) is 5.78 Å². The van der Waals surface area contributed by atoms with Crippen LogP contribution in [0.2, 0.25) is 0 Å². The van der Waals surface area contributed by atoms with Crippen molar-refractivity contribution in [3.05, 3.63) is 35.4 Å². The Labute approximate surface area is 124 Å². The van der Waals surface area contributed by atoms with Crippen molar-refractivity contribution in [2.75, 3.05) is 0 Å². The summed E-state index contributed by atoms with van der Waals surface area (Å²) in [5, 5.41) is 0. The Kier molecular flexibility index (Phi) is 4.80. The SMILES string of the molecule is CCc1ccc(C(=O)C(F)(F)C(F)(F)C(F)(F)C(F)(F)F)cc1. The summed E-state index contributed by atoms with van der Waals surface area (Å²) in [5.41, 5.74) is -0.595. The summed E-state index contributed by atoms with van der Waals surface area (Å²) >= 11 is 0. The molecule has 0 aliphatic rings. The van der Waals surface area contributed by atoms with Crippen molar-refractivity contribution in [1.29, 1.82) is 0 Å². The highest BCUT2D eigenvalue weighted by molar-refractivity contribution is 6.02. The molecule has 0 aliphatic carbocycles. The van der Waals surface area contributed by atoms with Gasteiger partial charge >= 0.3 is 23.9 Å². The van der Waals surface area contributed by atoms with E-state index in [2.05, 4.69) is 0 Å². The molecule has 0 bridgehead atoms. The number of ketones is 1. The maximum absolute atomic E-state index is 13.4. The van der Waals surface area contributed by atoms with Crippen molar-refractivity contribution in [1.82, 2.24) is 0 Å². The Hall–Kier alpha value is -1.74. The number of alkyl halides is 9. The van der Waals surface area contributed by atoms with E-state index in [1.807, 2.05) is 0 Å². The molecular weight excluding hydrogens is 343 g/mol. The first kappa shape index (κ1) is 19.3. The quantitative estimate of drug-likeness (QED) is 0.544. The van der Waals surface area contributed by atoms with E-state index in [1.165, 1.54) is 0 Å². The average molecular weight is 352 g/mol. The Morgan fingerprint density at radius 3 is 1.61 bits per heavy atom. The first-order valence-electron chi connectivity index (χ1n) is 6.04. The second-order valence-electron chi connectivity index (χ2n) is 4.60. The molecule has 10 heteroatoms. The van der Waals surface area contributed by atoms with Crippen molar-refractivity contribution >= 4 is 5.78 Å². The molecule has 0 amide bonds. The zero-order chi connectivity index (χ0) is 18.3. The Balaban J connectivity index is 3.29. The molecule has 0 fully saturated rings. The van der Waals surface area contributed by atoms with Crippen molar-refractivity contribution in [3.8, 4) is 0 Å². The fraction of sp³-hybridized carbons (Fsp3) is 0.462. The normalized spacial score (nSPS) is 14.0. The molecule has 130 valence electrons. The molecule has 0 spiro atoms. The summed E-state index contributed by atoms with van der Waals surface area (Å²) < 4.78 is 114. The molecule has 0 aliphatic heterocycles. The molecule has 0 heterocycles. The zero-order valence-electron chi connectivity index (χ0n) is 11.3. The third-order valence-corrected chi connectivity index (χ3v) is 3.05. The van der Waals surface area contributed by atoms with Crippen LogP contribution in [-0.4, -0.2) is 29.7 Å². The van der Waals surface area contributed by atoms with Gasteiger partial charge in [-0.2, -0.15) is 39.5 Å². The van der Waals surface area contributed by atoms with Crippen LogP contribution in [0.3, 0.4) is 0 Å². The third kappa shape index (κ3) is 3.02. The molecule has 1 aromatic carbocycles. The van der Waals surface area contributed by atoms with Crippen LogP contribution >= 0.6 is 0 Å². The number of halogens is 9. The summed E-state index contributed by atoms with van der Waals surface area (Å²) in [6, 6.07) is 3.47. The van der Waals surface area contributed by atoms with Gasteiger partial charge in [-0.3, -0.25) is 4.79 Å². The second-order valence-corrected chi connectivity index (χ2v) is 4.60. The number of carbonyl (C=O) groups excluding carboxylic acids is 1. The standard InChI is InChI=1S/C13H9F9O/c1-2-7-3-5-8(6-4-7)9(23)10(14,15)11(16,17)12(18,19)13(20,21)22/h3-6H,2H2,1H3. The fourth-order valence-electron chi connectivity index (χ4n) is 1.59. The number of hydrogen-bond acceptors (Lipinski definition) is 1. The summed E-state index contributed by atoms with van der Waals surface area (Å²) in [6.45, 7) is 1.64. The maximum atomic E-state index is 13.4. The monoisotopic (exact) mass is 352 g/mol. The van der Waals surface area contributed by atoms with E-state index in [4.69, 9.17) is 0 Å². The van der Waals surface area contributed by atoms with Gasteiger partial charge in [0.25, 0.3) is 0 Å². The van der Waals surface area contributed by atoms with E-state index >= 15 is 0 Å². The molecule has 0 unspecified atom stereocenters. The molecule has 23 heavy (non-hydrogen) atoms. The van der Waals surface area contributed by atoms with E-state index in [0.717, 1.165) is 12.1 Å². The van der Waals surface area contributed by atoms with Crippen LogP contribution in [0.15, 0.2) is 24.3 Å². The van der Waals surface area contributed by atoms with Crippen LogP contribution < -0.4 is 0 Å². The lowest BCUT2D eigenvalue weighted by Crippen LogP contribution is -2.63. The van der Waals surface area contributed by atoms with Gasteiger partial charge in [-0.25, -0.2) is 0 Å². The van der Waals surface area contributed by atoms with Gasteiger partial charge in [-0.15, -0.1) is 0 Å². The number of rotatable bonds is 5. The highest BCUT2D eigenvalue weighted by atomic mass is 19.4. The summed E-state index contributed by atoms with van der Waals surface area (Å²) in [5.74, 6) is -23.1. The van der Waals surface area contributed by atoms with Gasteiger partial charge in [0.15, 0.2) is 0 Å². The number of aryl methyl sites for hydroxylation is 1. The van der Waals surface area contributed by atoms with Crippen LogP contribution in [0.1, 0.15) is 22.8 Å². The van der Waals surface area contributed by atoms with Crippen LogP contribution in [0.5, 0.6) is 0 Å². The van der Waals surface area contributed by atoms with E-state index in [9.17, 15) is 44.3 Å². The van der Waals surface area contributed by atoms with Gasteiger partial charge in [-0.05, 0) is 12.0 Å². The van der Waals surface area contributed by atoms with E-state index in [0.29, 0.717) is 24.1 Å². The first-order valence-corrected chi connectivity index (χ1v) is 6.04. The van der Waals surface area contributed by atoms with Crippen molar-refractivity contribution in [3.63, 3.8) is 0 Å². The smallest absolute Gasteiger partial charge is 0.287 e. The molecule has 0 radical (unpaired) electrons. The highest BCUT2D eigenvalue weighted by Crippen LogP contribution is 2.53. The Morgan fingerprint density at radius 2 is 1.26 bits per heavy atom. The van der Waals surface area contributed by atoms with Crippen LogP contribution in [0.25, 0.3) is 0 Å². The van der Waals surface area contributed by atoms with E-state index < -0.39 is 35.3 Å². The molecule has 0 saturated heterocycles. The molecule has 0 N–H and O–H groups in total. The lowest BCUT2D eigenvalue weighted by atomic mass is 9.95. The maximum Gasteiger partial charge on any atom is 0.460 e. The predicted molar refractivity (Wildman–Crippen MR) is 61.0 cm³/mol. The topological polar surface area (TPSA) is 17.1 Å². The minimum Gasteiger partial charge on any atom is -0.287 e. The number of benzene rings is 1. The van der Waals surface area contributed by atoms with E-state index in [-0.39, 0.29) is 0 Å². The second kappa shape index (κ2) is 5.72. The van der Waals surface area contributed by atoms with E-state index in [1.54, 1.807) is 6.92 Å². The van der Waals surface area contributed by atoms with Crippen molar-refractivity contribution in [2.24, 2.45) is 0 Å². The summed E-state index contributed by atoms with van der Waals surface area (Å²) in [4.78, 5) is 11.4. The van der Waals surface area contributed by atoms with Crippen LogP contribution in [0, 0.1) is 0 Å². The number of carbonyl (C=O) groups is 1. The largest absolute Gasteiger partial charge is 0.460 e. The zero-order valence-corrected chi connectivity index (χ0v) is 11.3. The fourth-order valence-corrected chi connectivity index (χ4v) is 1.59. The van der Waals surface area contributed by atoms with Gasteiger partial charge < -0.3 is 0 Å². The van der Waals surface area contributed by atoms with Gasteiger partial charge in [-0.1, -0.05) is 31.2 Å². The van der Waals surface area contributed by atoms with Gasteiger partial charge in [0.05, 0.1) is 0 Å². The molecule has 1 nitrogen and oxygen atoms in total. The van der Waals surface area contributed by atoms with Gasteiger partial charge in [0, 0.05) is 5.56 Å². The minimum absolute atomic E-state index is 0.396. The van der Waals surface area contributed by atoms with Crippen LogP contribution in [-0.2, 0) is 6.42 Å². The molecule has 1 rings (SSSR count). The number of hydrogen-bond donors (Lipinski definition) is 0. The van der Waals surface area contributed by atoms with Gasteiger partial charge in [0.1, 0.15) is 0 Å². The Bertz CT molecular complexity index is 572. The number of Topliss-reactive ketones (excluding diaryl/α,β-unsaturated/α-hetero) is 1. The molecular formula is C13H9F9O. The summed E-state index contributed by atoms with van der Waals surface area (Å²) in [6.07, 6.45) is -6.56. The van der Waals surface area contributed by atoms with Crippen molar-refractivity contribution < 1.29 is 44.3 Å². The molecule has 0 saturated carbocycles. The summed E-state index contributed by atoms with van der Waals surface area (Å²) in [7, 11) is 0. The first-order chi connectivity index (χ1) is 10.2. The highest BCUT2D eigenvalue weighted by Gasteiger charge is 2.83. The average Bonchev–Trinajstić information content (AvgIpc) is 2.44. The Morgan fingerprint density at radius 1 is 0.826 bits per heavy atom.